The van der Waals surface area contributed by atoms with Gasteiger partial charge in [0.2, 0.25) is 0 Å². The van der Waals surface area contributed by atoms with Crippen LogP contribution >= 0.6 is 0 Å². The number of carbonyl (C=O) groups excluding carboxylic acids is 1. The molecule has 1 saturated carbocycles. The van der Waals surface area contributed by atoms with E-state index in [0.29, 0.717) is 18.5 Å². The largest absolute Gasteiger partial charge is 0.388 e. The number of rotatable bonds is 6. The summed E-state index contributed by atoms with van der Waals surface area (Å²) in [5.74, 6) is -0.151. The molecule has 1 unspecified atom stereocenters. The molecule has 27 heavy (non-hydrogen) atoms. The molecule has 144 valence electrons. The van der Waals surface area contributed by atoms with Crippen molar-refractivity contribution in [3.8, 4) is 11.1 Å². The van der Waals surface area contributed by atoms with E-state index in [9.17, 15) is 15.0 Å². The van der Waals surface area contributed by atoms with Crippen LogP contribution in [0.3, 0.4) is 0 Å². The van der Waals surface area contributed by atoms with Crippen molar-refractivity contribution in [3.63, 3.8) is 0 Å². The monoisotopic (exact) mass is 367 g/mol. The maximum atomic E-state index is 12.4. The van der Waals surface area contributed by atoms with Crippen molar-refractivity contribution >= 4 is 5.91 Å². The lowest BCUT2D eigenvalue weighted by Crippen LogP contribution is -2.44. The van der Waals surface area contributed by atoms with E-state index in [1.54, 1.807) is 0 Å². The van der Waals surface area contributed by atoms with Crippen molar-refractivity contribution in [2.24, 2.45) is 0 Å². The maximum absolute atomic E-state index is 12.4. The number of benzene rings is 2. The van der Waals surface area contributed by atoms with Crippen LogP contribution in [0.2, 0.25) is 0 Å². The fourth-order valence-corrected chi connectivity index (χ4v) is 3.68. The molecule has 3 rings (SSSR count). The highest BCUT2D eigenvalue weighted by molar-refractivity contribution is 5.94. The number of hydrogen-bond acceptors (Lipinski definition) is 3. The average molecular weight is 367 g/mol. The summed E-state index contributed by atoms with van der Waals surface area (Å²) in [4.78, 5) is 12.4. The number of aliphatic hydroxyl groups excluding tert-OH is 1. The van der Waals surface area contributed by atoms with Crippen molar-refractivity contribution in [1.29, 1.82) is 0 Å². The average Bonchev–Trinajstić information content (AvgIpc) is 2.72. The summed E-state index contributed by atoms with van der Waals surface area (Å²) in [7, 11) is 0. The molecule has 1 aliphatic carbocycles. The molecule has 1 aliphatic rings. The van der Waals surface area contributed by atoms with Crippen molar-refractivity contribution in [3.05, 3.63) is 59.7 Å². The van der Waals surface area contributed by atoms with Crippen LogP contribution in [0.4, 0.5) is 0 Å². The normalized spacial score (nSPS) is 17.3. The third-order valence-corrected chi connectivity index (χ3v) is 5.52. The van der Waals surface area contributed by atoms with E-state index in [-0.39, 0.29) is 5.91 Å². The molecule has 1 amide bonds. The van der Waals surface area contributed by atoms with Crippen LogP contribution < -0.4 is 5.32 Å². The number of aliphatic hydroxyl groups is 2. The number of amides is 1. The molecule has 0 heterocycles. The first-order chi connectivity index (χ1) is 13.0. The smallest absolute Gasteiger partial charge is 0.251 e. The van der Waals surface area contributed by atoms with Gasteiger partial charge in [-0.25, -0.2) is 0 Å². The van der Waals surface area contributed by atoms with Gasteiger partial charge in [0.1, 0.15) is 0 Å². The Morgan fingerprint density at radius 3 is 2.11 bits per heavy atom. The van der Waals surface area contributed by atoms with E-state index in [0.717, 1.165) is 48.8 Å². The van der Waals surface area contributed by atoms with E-state index in [2.05, 4.69) is 5.32 Å². The van der Waals surface area contributed by atoms with Gasteiger partial charge in [0.25, 0.3) is 5.91 Å². The second kappa shape index (κ2) is 8.68. The Morgan fingerprint density at radius 2 is 1.56 bits per heavy atom. The van der Waals surface area contributed by atoms with Gasteiger partial charge < -0.3 is 15.5 Å². The Bertz CT molecular complexity index is 746. The second-order valence-electron chi connectivity index (χ2n) is 7.59. The summed E-state index contributed by atoms with van der Waals surface area (Å²) >= 11 is 0. The summed E-state index contributed by atoms with van der Waals surface area (Å²) in [5, 5.41) is 23.3. The number of hydrogen-bond donors (Lipinski definition) is 3. The Balaban J connectivity index is 1.61. The molecule has 0 bridgehead atoms. The molecule has 3 N–H and O–H groups in total. The minimum atomic E-state index is -0.751. The molecule has 0 radical (unpaired) electrons. The fourth-order valence-electron chi connectivity index (χ4n) is 3.68. The van der Waals surface area contributed by atoms with Gasteiger partial charge in [0.05, 0.1) is 11.7 Å². The van der Waals surface area contributed by atoms with Gasteiger partial charge >= 0.3 is 0 Å². The van der Waals surface area contributed by atoms with E-state index >= 15 is 0 Å². The quantitative estimate of drug-likeness (QED) is 0.716. The first-order valence-electron chi connectivity index (χ1n) is 9.90. The van der Waals surface area contributed by atoms with Crippen LogP contribution in [-0.4, -0.2) is 28.3 Å². The van der Waals surface area contributed by atoms with E-state index in [1.807, 2.05) is 55.5 Å². The van der Waals surface area contributed by atoms with Crippen LogP contribution in [0.1, 0.15) is 67.5 Å². The molecule has 0 saturated heterocycles. The van der Waals surface area contributed by atoms with Gasteiger partial charge in [-0.1, -0.05) is 62.6 Å². The predicted octanol–water partition coefficient (Wildman–Crippen LogP) is 4.22. The van der Waals surface area contributed by atoms with Crippen molar-refractivity contribution < 1.29 is 15.0 Å². The fraction of sp³-hybridized carbons (Fsp3) is 0.435. The van der Waals surface area contributed by atoms with Gasteiger partial charge in [-0.3, -0.25) is 4.79 Å². The molecule has 2 aromatic carbocycles. The lowest BCUT2D eigenvalue weighted by atomic mass is 9.85. The summed E-state index contributed by atoms with van der Waals surface area (Å²) in [6.45, 7) is 2.27. The molecule has 0 aromatic heterocycles. The minimum Gasteiger partial charge on any atom is -0.388 e. The second-order valence-corrected chi connectivity index (χ2v) is 7.59. The van der Waals surface area contributed by atoms with Crippen molar-refractivity contribution in [2.45, 2.75) is 57.2 Å². The SMILES string of the molecule is CCC(O)c1ccc(-c2ccc(C(=O)NCC3(O)CCCCC3)cc2)cc1. The van der Waals surface area contributed by atoms with Crippen molar-refractivity contribution in [2.75, 3.05) is 6.54 Å². The first-order valence-corrected chi connectivity index (χ1v) is 9.90. The molecule has 4 heteroatoms. The predicted molar refractivity (Wildman–Crippen MR) is 107 cm³/mol. The first kappa shape index (κ1) is 19.6. The molecule has 1 fully saturated rings. The summed E-state index contributed by atoms with van der Waals surface area (Å²) in [6, 6.07) is 15.3. The highest BCUT2D eigenvalue weighted by Gasteiger charge is 2.29. The van der Waals surface area contributed by atoms with E-state index < -0.39 is 11.7 Å². The molecular weight excluding hydrogens is 338 g/mol. The van der Waals surface area contributed by atoms with Crippen molar-refractivity contribution in [1.82, 2.24) is 5.32 Å². The lowest BCUT2D eigenvalue weighted by Gasteiger charge is -2.32. The number of carbonyl (C=O) groups is 1. The third kappa shape index (κ3) is 4.96. The van der Waals surface area contributed by atoms with Crippen LogP contribution in [0.15, 0.2) is 48.5 Å². The molecule has 0 aliphatic heterocycles. The lowest BCUT2D eigenvalue weighted by molar-refractivity contribution is 0.00525. The standard InChI is InChI=1S/C23H29NO3/c1-2-21(25)19-10-6-17(7-11-19)18-8-12-20(13-9-18)22(26)24-16-23(27)14-4-3-5-15-23/h6-13,21,25,27H,2-5,14-16H2,1H3,(H,24,26). The van der Waals surface area contributed by atoms with Crippen LogP contribution in [0.25, 0.3) is 11.1 Å². The minimum absolute atomic E-state index is 0.151. The Kier molecular flexibility index (Phi) is 6.30. The molecule has 4 nitrogen and oxygen atoms in total. The van der Waals surface area contributed by atoms with E-state index in [1.165, 1.54) is 0 Å². The van der Waals surface area contributed by atoms with Gasteiger partial charge in [-0.15, -0.1) is 0 Å². The number of nitrogens with one attached hydrogen (secondary N) is 1. The van der Waals surface area contributed by atoms with Crippen LogP contribution in [-0.2, 0) is 0 Å². The van der Waals surface area contributed by atoms with Crippen LogP contribution in [0, 0.1) is 0 Å². The third-order valence-electron chi connectivity index (χ3n) is 5.52. The molecule has 2 aromatic rings. The summed E-state index contributed by atoms with van der Waals surface area (Å²) < 4.78 is 0. The highest BCUT2D eigenvalue weighted by Crippen LogP contribution is 2.27. The molecule has 0 spiro atoms. The zero-order chi connectivity index (χ0) is 19.3. The zero-order valence-electron chi connectivity index (χ0n) is 15.9. The molecular formula is C23H29NO3. The van der Waals surface area contributed by atoms with E-state index in [4.69, 9.17) is 0 Å². The maximum Gasteiger partial charge on any atom is 0.251 e. The van der Waals surface area contributed by atoms with Gasteiger partial charge in [0, 0.05) is 12.1 Å². The molecule has 1 atom stereocenters. The van der Waals surface area contributed by atoms with Gasteiger partial charge in [-0.2, -0.15) is 0 Å². The topological polar surface area (TPSA) is 69.6 Å². The van der Waals surface area contributed by atoms with Gasteiger partial charge in [-0.05, 0) is 48.1 Å². The van der Waals surface area contributed by atoms with Gasteiger partial charge in [0.15, 0.2) is 0 Å². The Labute approximate surface area is 161 Å². The van der Waals surface area contributed by atoms with Crippen LogP contribution in [0.5, 0.6) is 0 Å². The summed E-state index contributed by atoms with van der Waals surface area (Å²) in [6.07, 6.45) is 4.99. The Hall–Kier alpha value is -2.17. The zero-order valence-corrected chi connectivity index (χ0v) is 15.9. The summed E-state index contributed by atoms with van der Waals surface area (Å²) in [5.41, 5.74) is 2.83. The highest BCUT2D eigenvalue weighted by atomic mass is 16.3. The Morgan fingerprint density at radius 1 is 1.00 bits per heavy atom.